The number of carbonyl (C=O) groups is 9. The summed E-state index contributed by atoms with van der Waals surface area (Å²) in [5, 5.41) is 26.4. The lowest BCUT2D eigenvalue weighted by Gasteiger charge is -2.12. The Bertz CT molecular complexity index is 3870. The molecule has 13 N–H and O–H groups in total. The molecule has 0 unspecified atom stereocenters. The number of anilines is 7. The van der Waals surface area contributed by atoms with Crippen LogP contribution in [0.2, 0.25) is 5.02 Å². The first-order chi connectivity index (χ1) is 40.0. The van der Waals surface area contributed by atoms with Crippen molar-refractivity contribution in [1.82, 2.24) is 52.6 Å². The van der Waals surface area contributed by atoms with E-state index in [-0.39, 0.29) is 82.9 Å². The van der Waals surface area contributed by atoms with E-state index in [9.17, 15) is 43.2 Å². The summed E-state index contributed by atoms with van der Waals surface area (Å²) in [6, 6.07) is 7.89. The third kappa shape index (κ3) is 14.1. The first-order valence-electron chi connectivity index (χ1n) is 25.4. The number of imidazole rings is 2. The minimum absolute atomic E-state index is 0.00685. The topological polar surface area (TPSA) is 383 Å². The van der Waals surface area contributed by atoms with Crippen LogP contribution in [-0.2, 0) is 59.0 Å². The van der Waals surface area contributed by atoms with Crippen LogP contribution in [0.3, 0.4) is 0 Å². The summed E-state index contributed by atoms with van der Waals surface area (Å²) >= 11 is 7.27. The Balaban J connectivity index is 0.772. The van der Waals surface area contributed by atoms with Crippen LogP contribution in [0, 0.1) is 0 Å². The van der Waals surface area contributed by atoms with Crippen LogP contribution in [0.5, 0.6) is 0 Å². The Morgan fingerprint density at radius 1 is 0.500 bits per heavy atom. The average molecular weight is 1190 g/mol. The molecule has 0 aliphatic heterocycles. The van der Waals surface area contributed by atoms with Gasteiger partial charge in [0.05, 0.1) is 46.1 Å². The van der Waals surface area contributed by atoms with Crippen molar-refractivity contribution in [2.45, 2.75) is 18.9 Å². The van der Waals surface area contributed by atoms with Crippen LogP contribution in [0.15, 0.2) is 85.2 Å². The van der Waals surface area contributed by atoms with Gasteiger partial charge in [-0.1, -0.05) is 11.6 Å². The molecule has 9 amide bonds. The molecule has 0 radical (unpaired) electrons. The predicted molar refractivity (Wildman–Crippen MR) is 311 cm³/mol. The Hall–Kier alpha value is -10.1. The van der Waals surface area contributed by atoms with Gasteiger partial charge in [0, 0.05) is 106 Å². The third-order valence-electron chi connectivity index (χ3n) is 12.8. The molecule has 0 bridgehead atoms. The quantitative estimate of drug-likeness (QED) is 0.0324. The summed E-state index contributed by atoms with van der Waals surface area (Å²) < 4.78 is 10.4. The Kier molecular flexibility index (Phi) is 18.4. The standard InChI is InChI=1S/C52H59ClN20O10S/c1-67-21-28(15-34(67)45(75)56-11-8-13-83-55)59-47(77)36-19-31(24-69(36)3)62-52(82)43-64-40(26-73(43)7)66-48(78)37-16-27(20-70(37)4)58-44(74)33(54)9-12-57-51(81)42-63-39(25-72(42)6)65-49(79)38-17-29(22-71(38)5)60-46(76)35-18-30(23-68(35)2)61-50(80)41-32(53)10-14-84-41/h10,14-26,33H,8-9,11-13,54-55H2,1-7H3,(H,56,75)(H,57,81)(H,58,74)(H,59,77)(H,60,76)(H,61,80)(H,62,82)(H,65,79)(H,66,78)/t33-/m1/s1. The number of nitrogens with two attached hydrogens (primary N) is 2. The van der Waals surface area contributed by atoms with Crippen LogP contribution in [0.4, 0.5) is 40.1 Å². The molecule has 440 valence electrons. The van der Waals surface area contributed by atoms with Gasteiger partial charge in [-0.3, -0.25) is 43.2 Å². The van der Waals surface area contributed by atoms with Gasteiger partial charge in [-0.05, 0) is 54.6 Å². The second-order valence-corrected chi connectivity index (χ2v) is 20.5. The number of nitrogens with one attached hydrogen (secondary N) is 9. The van der Waals surface area contributed by atoms with Crippen molar-refractivity contribution in [2.24, 2.45) is 61.0 Å². The van der Waals surface area contributed by atoms with Crippen molar-refractivity contribution < 1.29 is 48.0 Å². The zero-order chi connectivity index (χ0) is 60.7. The molecule has 8 aromatic rings. The monoisotopic (exact) mass is 1190 g/mol. The van der Waals surface area contributed by atoms with Crippen LogP contribution in [0.1, 0.15) is 96.2 Å². The molecule has 0 saturated heterocycles. The van der Waals surface area contributed by atoms with Crippen molar-refractivity contribution >= 4 is 116 Å². The van der Waals surface area contributed by atoms with Crippen molar-refractivity contribution in [1.29, 1.82) is 0 Å². The zero-order valence-electron chi connectivity index (χ0n) is 46.2. The zero-order valence-corrected chi connectivity index (χ0v) is 47.8. The minimum atomic E-state index is -1.09. The van der Waals surface area contributed by atoms with Gasteiger partial charge in [-0.2, -0.15) is 0 Å². The molecule has 0 aromatic carbocycles. The van der Waals surface area contributed by atoms with E-state index in [0.717, 1.165) is 0 Å². The molecule has 8 rings (SSSR count). The second kappa shape index (κ2) is 25.8. The highest BCUT2D eigenvalue weighted by Crippen LogP contribution is 2.25. The SMILES string of the molecule is Cn1cc(NC(=O)c2cc(NC(=O)c3nc(NC(=O)c4cc(NC(=O)[C@H](N)CCNC(=O)c5nc(NC(=O)c6cc(NC(=O)c7cc(NC(=O)c8sccc8Cl)cn7C)cn6C)cn5C)cn4C)cn3C)cn2C)cc1C(=O)NCCCON. The summed E-state index contributed by atoms with van der Waals surface area (Å²) in [5.74, 6) is 0.170. The van der Waals surface area contributed by atoms with Crippen LogP contribution in [-0.4, -0.2) is 121 Å². The summed E-state index contributed by atoms with van der Waals surface area (Å²) in [7, 11) is 11.2. The lowest BCUT2D eigenvalue weighted by Crippen LogP contribution is -2.39. The highest BCUT2D eigenvalue weighted by Gasteiger charge is 2.25. The number of hydrogen-bond acceptors (Lipinski definition) is 15. The molecule has 1 atom stereocenters. The maximum absolute atomic E-state index is 13.4. The van der Waals surface area contributed by atoms with Gasteiger partial charge < -0.3 is 90.4 Å². The fourth-order valence-electron chi connectivity index (χ4n) is 8.58. The van der Waals surface area contributed by atoms with Crippen LogP contribution >= 0.6 is 22.9 Å². The van der Waals surface area contributed by atoms with Gasteiger partial charge in [0.2, 0.25) is 17.6 Å². The smallest absolute Gasteiger partial charge is 0.291 e. The number of aryl methyl sites for hydroxylation is 7. The maximum atomic E-state index is 13.4. The number of rotatable bonds is 23. The highest BCUT2D eigenvalue weighted by molar-refractivity contribution is 7.12. The fourth-order valence-corrected chi connectivity index (χ4v) is 9.62. The van der Waals surface area contributed by atoms with Crippen molar-refractivity contribution in [3.05, 3.63) is 135 Å². The van der Waals surface area contributed by atoms with E-state index in [1.807, 2.05) is 0 Å². The molecule has 0 fully saturated rings. The molecular formula is C52H59ClN20O10S. The third-order valence-corrected chi connectivity index (χ3v) is 14.1. The summed E-state index contributed by atoms with van der Waals surface area (Å²) in [4.78, 5) is 132. The van der Waals surface area contributed by atoms with E-state index in [1.54, 1.807) is 77.7 Å². The lowest BCUT2D eigenvalue weighted by atomic mass is 10.2. The number of halogens is 1. The molecule has 8 aromatic heterocycles. The molecule has 0 aliphatic rings. The second-order valence-electron chi connectivity index (χ2n) is 19.2. The van der Waals surface area contributed by atoms with E-state index in [4.69, 9.17) is 23.2 Å². The number of nitrogens with zero attached hydrogens (tertiary/aromatic N) is 9. The minimum Gasteiger partial charge on any atom is -0.351 e. The van der Waals surface area contributed by atoms with E-state index >= 15 is 0 Å². The number of amides is 9. The number of hydrogen-bond donors (Lipinski definition) is 11. The lowest BCUT2D eigenvalue weighted by molar-refractivity contribution is -0.117. The molecule has 0 aliphatic carbocycles. The Labute approximate surface area is 486 Å². The van der Waals surface area contributed by atoms with Gasteiger partial charge in [-0.25, -0.2) is 15.9 Å². The predicted octanol–water partition coefficient (Wildman–Crippen LogP) is 3.17. The molecule has 0 saturated carbocycles. The van der Waals surface area contributed by atoms with Crippen molar-refractivity contribution in [2.75, 3.05) is 56.9 Å². The van der Waals surface area contributed by atoms with Crippen LogP contribution in [0.25, 0.3) is 0 Å². The van der Waals surface area contributed by atoms with Crippen LogP contribution < -0.4 is 59.5 Å². The largest absolute Gasteiger partial charge is 0.351 e. The normalized spacial score (nSPS) is 11.4. The molecule has 0 spiro atoms. The summed E-state index contributed by atoms with van der Waals surface area (Å²) in [6.45, 7) is 0.593. The van der Waals surface area contributed by atoms with E-state index in [0.29, 0.717) is 45.6 Å². The number of thiophene rings is 1. The number of carbonyl (C=O) groups excluding carboxylic acids is 9. The van der Waals surface area contributed by atoms with E-state index < -0.39 is 53.3 Å². The van der Waals surface area contributed by atoms with Gasteiger partial charge in [-0.15, -0.1) is 11.3 Å². The molecule has 84 heavy (non-hydrogen) atoms. The van der Waals surface area contributed by atoms with E-state index in [1.165, 1.54) is 100 Å². The van der Waals surface area contributed by atoms with Crippen molar-refractivity contribution in [3.63, 3.8) is 0 Å². The average Bonchev–Trinajstić information content (AvgIpc) is 4.51. The maximum Gasteiger partial charge on any atom is 0.291 e. The van der Waals surface area contributed by atoms with Gasteiger partial charge in [0.25, 0.3) is 47.3 Å². The van der Waals surface area contributed by atoms with Gasteiger partial charge in [0.1, 0.15) is 33.3 Å². The molecule has 8 heterocycles. The first-order valence-corrected chi connectivity index (χ1v) is 26.7. The molecule has 32 heteroatoms. The summed E-state index contributed by atoms with van der Waals surface area (Å²) in [5.41, 5.74) is 8.78. The molecular weight excluding hydrogens is 1130 g/mol. The number of aromatic nitrogens is 9. The van der Waals surface area contributed by atoms with E-state index in [2.05, 4.69) is 62.7 Å². The Morgan fingerprint density at radius 3 is 1.31 bits per heavy atom. The Morgan fingerprint density at radius 2 is 0.881 bits per heavy atom. The summed E-state index contributed by atoms with van der Waals surface area (Å²) in [6.07, 6.45) is 11.1. The van der Waals surface area contributed by atoms with Gasteiger partial charge >= 0.3 is 0 Å². The first kappa shape index (κ1) is 60.0. The highest BCUT2D eigenvalue weighted by atomic mass is 35.5. The van der Waals surface area contributed by atoms with Crippen molar-refractivity contribution in [3.8, 4) is 0 Å². The van der Waals surface area contributed by atoms with Gasteiger partial charge in [0.15, 0.2) is 11.6 Å². The fraction of sp³-hybridized carbons (Fsp3) is 0.250. The molecule has 30 nitrogen and oxygen atoms in total.